The number of aromatic hydroxyl groups is 1. The maximum Gasteiger partial charge on any atom is 0.339 e. The van der Waals surface area contributed by atoms with Crippen LogP contribution in [0.1, 0.15) is 55.3 Å². The minimum atomic E-state index is -1.17. The van der Waals surface area contributed by atoms with Crippen LogP contribution in [-0.4, -0.2) is 46.4 Å². The second kappa shape index (κ2) is 10.0. The summed E-state index contributed by atoms with van der Waals surface area (Å²) in [5.74, 6) is 3.64. The van der Waals surface area contributed by atoms with Crippen LogP contribution < -0.4 is 0 Å². The molecular weight excluding hydrogens is 414 g/mol. The molecule has 8 heteroatoms. The molecule has 0 bridgehead atoms. The molecule has 3 rings (SSSR count). The summed E-state index contributed by atoms with van der Waals surface area (Å²) in [5, 5.41) is 10.5. The Hall–Kier alpha value is -3.07. The van der Waals surface area contributed by atoms with E-state index in [1.807, 2.05) is 0 Å². The molecule has 0 saturated carbocycles. The summed E-state index contributed by atoms with van der Waals surface area (Å²) in [6.45, 7) is 2.05. The highest BCUT2D eigenvalue weighted by Gasteiger charge is 2.45. The van der Waals surface area contributed by atoms with Crippen LogP contribution in [-0.2, 0) is 41.8 Å². The van der Waals surface area contributed by atoms with Crippen LogP contribution in [0.4, 0.5) is 0 Å². The Morgan fingerprint density at radius 2 is 1.59 bits per heavy atom. The highest BCUT2D eigenvalue weighted by molar-refractivity contribution is 5.81. The van der Waals surface area contributed by atoms with Gasteiger partial charge in [0.15, 0.2) is 11.2 Å². The number of nitrogens with zero attached hydrogens (tertiary/aromatic N) is 1. The molecule has 170 valence electrons. The predicted octanol–water partition coefficient (Wildman–Crippen LogP) is 2.33. The topological polar surface area (TPSA) is 104 Å². The lowest BCUT2D eigenvalue weighted by molar-refractivity contribution is -0.169. The normalized spacial score (nSPS) is 24.5. The van der Waals surface area contributed by atoms with E-state index in [1.165, 1.54) is 6.20 Å². The van der Waals surface area contributed by atoms with Crippen LogP contribution in [0.25, 0.3) is 0 Å². The quantitative estimate of drug-likeness (QED) is 0.484. The van der Waals surface area contributed by atoms with Gasteiger partial charge in [-0.3, -0.25) is 4.98 Å². The van der Waals surface area contributed by atoms with Gasteiger partial charge in [0.2, 0.25) is 0 Å². The van der Waals surface area contributed by atoms with Gasteiger partial charge in [0, 0.05) is 43.4 Å². The van der Waals surface area contributed by atoms with E-state index >= 15 is 0 Å². The maximum atomic E-state index is 12.7. The molecule has 0 amide bonds. The summed E-state index contributed by atoms with van der Waals surface area (Å²) in [6.07, 6.45) is 14.9. The van der Waals surface area contributed by atoms with Gasteiger partial charge in [0.1, 0.15) is 19.0 Å². The Morgan fingerprint density at radius 1 is 1.06 bits per heavy atom. The molecule has 0 spiro atoms. The molecule has 0 aliphatic carbocycles. The summed E-state index contributed by atoms with van der Waals surface area (Å²) >= 11 is 0. The van der Waals surface area contributed by atoms with Gasteiger partial charge in [-0.05, 0) is 32.6 Å². The van der Waals surface area contributed by atoms with Crippen molar-refractivity contribution in [2.75, 3.05) is 13.2 Å². The fourth-order valence-corrected chi connectivity index (χ4v) is 3.98. The van der Waals surface area contributed by atoms with E-state index in [1.54, 1.807) is 6.92 Å². The van der Waals surface area contributed by atoms with Crippen molar-refractivity contribution in [1.82, 2.24) is 4.98 Å². The monoisotopic (exact) mass is 441 g/mol. The molecule has 0 radical (unpaired) electrons. The summed E-state index contributed by atoms with van der Waals surface area (Å²) in [7, 11) is 0. The maximum absolute atomic E-state index is 12.7. The Bertz CT molecular complexity index is 944. The molecule has 2 aliphatic heterocycles. The number of esters is 2. The molecule has 8 nitrogen and oxygen atoms in total. The number of pyridine rings is 1. The molecule has 1 aromatic heterocycles. The number of aromatic nitrogens is 1. The highest BCUT2D eigenvalue weighted by Crippen LogP contribution is 2.33. The lowest BCUT2D eigenvalue weighted by atomic mass is 9.96. The second-order valence-corrected chi connectivity index (χ2v) is 8.00. The van der Waals surface area contributed by atoms with Crippen molar-refractivity contribution in [2.24, 2.45) is 0 Å². The lowest BCUT2D eigenvalue weighted by Crippen LogP contribution is -2.39. The third-order valence-corrected chi connectivity index (χ3v) is 5.86. The number of aryl methyl sites for hydroxylation is 1. The number of carbonyl (C=O) groups is 2. The van der Waals surface area contributed by atoms with E-state index in [0.29, 0.717) is 55.7 Å². The van der Waals surface area contributed by atoms with Gasteiger partial charge >= 0.3 is 11.9 Å². The average Bonchev–Trinajstić information content (AvgIpc) is 3.45. The van der Waals surface area contributed by atoms with Crippen molar-refractivity contribution in [2.45, 2.75) is 69.9 Å². The van der Waals surface area contributed by atoms with Gasteiger partial charge in [0.25, 0.3) is 0 Å². The van der Waals surface area contributed by atoms with Crippen LogP contribution in [0.3, 0.4) is 0 Å². The minimum absolute atomic E-state index is 0.106. The Labute approximate surface area is 187 Å². The van der Waals surface area contributed by atoms with Crippen LogP contribution in [0.5, 0.6) is 5.75 Å². The van der Waals surface area contributed by atoms with Crippen molar-refractivity contribution >= 4 is 11.9 Å². The summed E-state index contributed by atoms with van der Waals surface area (Å²) in [5.41, 5.74) is -1.26. The van der Waals surface area contributed by atoms with Gasteiger partial charge in [0.05, 0.1) is 5.69 Å². The van der Waals surface area contributed by atoms with Crippen molar-refractivity contribution in [3.63, 3.8) is 0 Å². The summed E-state index contributed by atoms with van der Waals surface area (Å²) in [6, 6.07) is 0. The highest BCUT2D eigenvalue weighted by atomic mass is 16.6. The van der Waals surface area contributed by atoms with Gasteiger partial charge in [-0.2, -0.15) is 0 Å². The number of terminal acetylenes is 2. The Kier molecular flexibility index (Phi) is 7.40. The molecule has 32 heavy (non-hydrogen) atoms. The van der Waals surface area contributed by atoms with Crippen molar-refractivity contribution in [3.05, 3.63) is 23.0 Å². The molecule has 2 saturated heterocycles. The van der Waals surface area contributed by atoms with E-state index in [9.17, 15) is 14.7 Å². The van der Waals surface area contributed by atoms with E-state index in [0.717, 1.165) is 0 Å². The fourth-order valence-electron chi connectivity index (χ4n) is 3.98. The van der Waals surface area contributed by atoms with Gasteiger partial charge in [-0.1, -0.05) is 0 Å². The molecule has 1 aromatic rings. The second-order valence-electron chi connectivity index (χ2n) is 8.00. The van der Waals surface area contributed by atoms with E-state index < -0.39 is 23.1 Å². The fraction of sp³-hybridized carbons (Fsp3) is 0.542. The number of hydrogen-bond donors (Lipinski definition) is 1. The van der Waals surface area contributed by atoms with E-state index in [-0.39, 0.29) is 31.8 Å². The molecule has 2 unspecified atom stereocenters. The van der Waals surface area contributed by atoms with E-state index in [4.69, 9.17) is 31.8 Å². The molecule has 1 N–H and O–H groups in total. The lowest BCUT2D eigenvalue weighted by Gasteiger charge is -2.25. The minimum Gasteiger partial charge on any atom is -0.506 e. The zero-order valence-corrected chi connectivity index (χ0v) is 18.1. The molecular formula is C24H27NO7. The first-order valence-corrected chi connectivity index (χ1v) is 10.5. The molecule has 2 atom stereocenters. The van der Waals surface area contributed by atoms with Crippen LogP contribution in [0, 0.1) is 31.6 Å². The first-order valence-electron chi connectivity index (χ1n) is 10.5. The van der Waals surface area contributed by atoms with Gasteiger partial charge in [-0.15, -0.1) is 24.7 Å². The Morgan fingerprint density at radius 3 is 2.06 bits per heavy atom. The summed E-state index contributed by atoms with van der Waals surface area (Å²) < 4.78 is 22.1. The number of hydrogen-bond acceptors (Lipinski definition) is 8. The third kappa shape index (κ3) is 4.72. The standard InChI is InChI=1S/C24H27NO7/c1-4-8-23(10-6-12-31-23)21(27)29-15-18-14-25-17(3)20(26)19(18)16-30-22(28)24(9-5-2)11-7-13-32-24/h1-2,14,26H,6-13,15-16H2,3H3. The van der Waals surface area contributed by atoms with Crippen molar-refractivity contribution in [1.29, 1.82) is 0 Å². The molecule has 2 aliphatic rings. The number of ether oxygens (including phenoxy) is 4. The largest absolute Gasteiger partial charge is 0.506 e. The van der Waals surface area contributed by atoms with Crippen molar-refractivity contribution < 1.29 is 33.6 Å². The average molecular weight is 441 g/mol. The first-order chi connectivity index (χ1) is 15.4. The smallest absolute Gasteiger partial charge is 0.339 e. The van der Waals surface area contributed by atoms with Crippen molar-refractivity contribution in [3.8, 4) is 30.4 Å². The molecule has 3 heterocycles. The first kappa shape index (κ1) is 23.6. The van der Waals surface area contributed by atoms with Crippen LogP contribution in [0.15, 0.2) is 6.20 Å². The Balaban J connectivity index is 1.73. The number of carbonyl (C=O) groups excluding carboxylic acids is 2. The molecule has 2 fully saturated rings. The molecule has 0 aromatic carbocycles. The summed E-state index contributed by atoms with van der Waals surface area (Å²) in [4.78, 5) is 29.6. The third-order valence-electron chi connectivity index (χ3n) is 5.86. The predicted molar refractivity (Wildman–Crippen MR) is 113 cm³/mol. The zero-order chi connectivity index (χ0) is 23.2. The number of rotatable bonds is 8. The van der Waals surface area contributed by atoms with Crippen LogP contribution in [0.2, 0.25) is 0 Å². The SMILES string of the molecule is C#CCC1(C(=O)OCc2cnc(C)c(O)c2COC(=O)C2(CC#C)CCCO2)CCCO1. The van der Waals surface area contributed by atoms with Crippen LogP contribution >= 0.6 is 0 Å². The zero-order valence-electron chi connectivity index (χ0n) is 18.1. The van der Waals surface area contributed by atoms with Gasteiger partial charge in [-0.25, -0.2) is 9.59 Å². The van der Waals surface area contributed by atoms with Gasteiger partial charge < -0.3 is 24.1 Å². The van der Waals surface area contributed by atoms with E-state index in [2.05, 4.69) is 16.8 Å².